The molecule has 6 nitrogen and oxygen atoms in total. The van der Waals surface area contributed by atoms with Crippen molar-refractivity contribution in [2.24, 2.45) is 5.92 Å². The standard InChI is InChI=1S/C20H29NO5S/c1-14(2)13-25-20(22)19-10-8-15-12-17(9-11-18(15)26-19)27(23,24)21-16-6-4-3-5-7-16/h9,11-12,14,16,19,21H,3-8,10,13H2,1-2H3. The maximum atomic E-state index is 12.7. The number of rotatable bonds is 6. The zero-order valence-electron chi connectivity index (χ0n) is 16.1. The number of esters is 1. The highest BCUT2D eigenvalue weighted by Gasteiger charge is 2.29. The Morgan fingerprint density at radius 1 is 1.22 bits per heavy atom. The molecule has 27 heavy (non-hydrogen) atoms. The van der Waals surface area contributed by atoms with Crippen LogP contribution in [0.1, 0.15) is 57.9 Å². The molecule has 0 spiro atoms. The predicted octanol–water partition coefficient (Wildman–Crippen LogP) is 3.19. The molecule has 1 N–H and O–H groups in total. The van der Waals surface area contributed by atoms with Crippen LogP contribution in [0.4, 0.5) is 0 Å². The Bertz CT molecular complexity index is 769. The van der Waals surface area contributed by atoms with Crippen LogP contribution in [0, 0.1) is 5.92 Å². The van der Waals surface area contributed by atoms with Gasteiger partial charge in [-0.1, -0.05) is 33.1 Å². The average molecular weight is 396 g/mol. The lowest BCUT2D eigenvalue weighted by Gasteiger charge is -2.26. The van der Waals surface area contributed by atoms with Crippen molar-refractivity contribution in [3.05, 3.63) is 23.8 Å². The first kappa shape index (κ1) is 20.1. The summed E-state index contributed by atoms with van der Waals surface area (Å²) in [4.78, 5) is 12.4. The molecule has 1 saturated carbocycles. The molecule has 7 heteroatoms. The van der Waals surface area contributed by atoms with Crippen LogP contribution in [0.15, 0.2) is 23.1 Å². The minimum absolute atomic E-state index is 0.0242. The summed E-state index contributed by atoms with van der Waals surface area (Å²) in [6.07, 6.45) is 5.56. The van der Waals surface area contributed by atoms with Gasteiger partial charge in [-0.25, -0.2) is 17.9 Å². The number of carbonyl (C=O) groups excluding carboxylic acids is 1. The van der Waals surface area contributed by atoms with E-state index in [0.717, 1.165) is 31.2 Å². The second kappa shape index (κ2) is 8.61. The van der Waals surface area contributed by atoms with Crippen molar-refractivity contribution < 1.29 is 22.7 Å². The topological polar surface area (TPSA) is 81.7 Å². The van der Waals surface area contributed by atoms with Gasteiger partial charge in [0.25, 0.3) is 0 Å². The molecule has 0 saturated heterocycles. The number of aryl methyl sites for hydroxylation is 1. The monoisotopic (exact) mass is 395 g/mol. The van der Waals surface area contributed by atoms with Crippen LogP contribution in [0.3, 0.4) is 0 Å². The molecule has 0 aromatic heterocycles. The van der Waals surface area contributed by atoms with E-state index >= 15 is 0 Å². The van der Waals surface area contributed by atoms with Crippen LogP contribution >= 0.6 is 0 Å². The van der Waals surface area contributed by atoms with Gasteiger partial charge < -0.3 is 9.47 Å². The molecule has 1 aliphatic carbocycles. The summed E-state index contributed by atoms with van der Waals surface area (Å²) in [6, 6.07) is 4.88. The van der Waals surface area contributed by atoms with E-state index in [1.165, 1.54) is 6.42 Å². The maximum absolute atomic E-state index is 12.7. The van der Waals surface area contributed by atoms with Gasteiger partial charge in [0, 0.05) is 6.04 Å². The summed E-state index contributed by atoms with van der Waals surface area (Å²) in [5.74, 6) is 0.476. The molecule has 0 radical (unpaired) electrons. The van der Waals surface area contributed by atoms with Crippen LogP contribution in [-0.4, -0.2) is 33.1 Å². The second-order valence-corrected chi connectivity index (χ2v) is 9.61. The van der Waals surface area contributed by atoms with E-state index in [4.69, 9.17) is 9.47 Å². The van der Waals surface area contributed by atoms with E-state index in [1.807, 2.05) is 13.8 Å². The van der Waals surface area contributed by atoms with Crippen LogP contribution in [0.25, 0.3) is 0 Å². The molecule has 0 bridgehead atoms. The Hall–Kier alpha value is -1.60. The number of nitrogens with one attached hydrogen (secondary N) is 1. The molecular weight excluding hydrogens is 366 g/mol. The van der Waals surface area contributed by atoms with Gasteiger partial charge in [-0.3, -0.25) is 0 Å². The molecule has 1 fully saturated rings. The average Bonchev–Trinajstić information content (AvgIpc) is 2.65. The summed E-state index contributed by atoms with van der Waals surface area (Å²) in [7, 11) is -3.54. The summed E-state index contributed by atoms with van der Waals surface area (Å²) < 4.78 is 39.2. The maximum Gasteiger partial charge on any atom is 0.347 e. The van der Waals surface area contributed by atoms with Crippen LogP contribution in [-0.2, 0) is 26.0 Å². The second-order valence-electron chi connectivity index (χ2n) is 7.89. The number of ether oxygens (including phenoxy) is 2. The van der Waals surface area contributed by atoms with Crippen molar-refractivity contribution in [2.75, 3.05) is 6.61 Å². The van der Waals surface area contributed by atoms with Gasteiger partial charge in [0.2, 0.25) is 10.0 Å². The van der Waals surface area contributed by atoms with Gasteiger partial charge >= 0.3 is 5.97 Å². The number of carbonyl (C=O) groups is 1. The summed E-state index contributed by atoms with van der Waals surface area (Å²) in [5, 5.41) is 0. The molecule has 1 aliphatic heterocycles. The molecule has 3 rings (SSSR count). The lowest BCUT2D eigenvalue weighted by Crippen LogP contribution is -2.36. The lowest BCUT2D eigenvalue weighted by molar-refractivity contribution is -0.153. The summed E-state index contributed by atoms with van der Waals surface area (Å²) in [6.45, 7) is 4.33. The fourth-order valence-corrected chi connectivity index (χ4v) is 4.90. The molecule has 1 aromatic rings. The fraction of sp³-hybridized carbons (Fsp3) is 0.650. The van der Waals surface area contributed by atoms with Crippen molar-refractivity contribution >= 4 is 16.0 Å². The first-order valence-corrected chi connectivity index (χ1v) is 11.3. The molecule has 1 unspecified atom stereocenters. The molecule has 1 aromatic carbocycles. The largest absolute Gasteiger partial charge is 0.478 e. The van der Waals surface area contributed by atoms with Crippen LogP contribution < -0.4 is 9.46 Å². The van der Waals surface area contributed by atoms with Gasteiger partial charge in [0.1, 0.15) is 5.75 Å². The SMILES string of the molecule is CC(C)COC(=O)C1CCc2cc(S(=O)(=O)NC3CCCCC3)ccc2O1. The Balaban J connectivity index is 1.66. The number of hydrogen-bond donors (Lipinski definition) is 1. The minimum Gasteiger partial charge on any atom is -0.478 e. The third-order valence-electron chi connectivity index (χ3n) is 5.04. The van der Waals surface area contributed by atoms with Gasteiger partial charge in [-0.2, -0.15) is 0 Å². The third kappa shape index (κ3) is 5.23. The Morgan fingerprint density at radius 3 is 2.67 bits per heavy atom. The first-order chi connectivity index (χ1) is 12.8. The number of hydrogen-bond acceptors (Lipinski definition) is 5. The Labute approximate surface area is 161 Å². The Morgan fingerprint density at radius 2 is 1.96 bits per heavy atom. The molecule has 150 valence electrons. The van der Waals surface area contributed by atoms with E-state index in [-0.39, 0.29) is 22.8 Å². The first-order valence-electron chi connectivity index (χ1n) is 9.83. The molecule has 0 amide bonds. The van der Waals surface area contributed by atoms with Gasteiger partial charge in [0.05, 0.1) is 11.5 Å². The smallest absolute Gasteiger partial charge is 0.347 e. The van der Waals surface area contributed by atoms with E-state index in [0.29, 0.717) is 25.2 Å². The minimum atomic E-state index is -3.54. The summed E-state index contributed by atoms with van der Waals surface area (Å²) in [5.41, 5.74) is 0.814. The fourth-order valence-electron chi connectivity index (χ4n) is 3.55. The van der Waals surface area contributed by atoms with E-state index < -0.39 is 16.1 Å². The van der Waals surface area contributed by atoms with Crippen molar-refractivity contribution in [2.45, 2.75) is 75.8 Å². The van der Waals surface area contributed by atoms with Crippen molar-refractivity contribution in [1.82, 2.24) is 4.72 Å². The van der Waals surface area contributed by atoms with Gasteiger partial charge in [0.15, 0.2) is 6.10 Å². The van der Waals surface area contributed by atoms with Crippen molar-refractivity contribution in [3.8, 4) is 5.75 Å². The van der Waals surface area contributed by atoms with Gasteiger partial charge in [-0.05, 0) is 55.4 Å². The van der Waals surface area contributed by atoms with Crippen LogP contribution in [0.2, 0.25) is 0 Å². The molecule has 1 heterocycles. The highest BCUT2D eigenvalue weighted by molar-refractivity contribution is 7.89. The van der Waals surface area contributed by atoms with E-state index in [9.17, 15) is 13.2 Å². The summed E-state index contributed by atoms with van der Waals surface area (Å²) >= 11 is 0. The highest BCUT2D eigenvalue weighted by atomic mass is 32.2. The molecule has 1 atom stereocenters. The zero-order valence-corrected chi connectivity index (χ0v) is 16.9. The molecular formula is C20H29NO5S. The quantitative estimate of drug-likeness (QED) is 0.748. The zero-order chi connectivity index (χ0) is 19.4. The Kier molecular flexibility index (Phi) is 6.42. The normalized spacial score (nSPS) is 20.8. The molecule has 2 aliphatic rings. The van der Waals surface area contributed by atoms with Crippen molar-refractivity contribution in [1.29, 1.82) is 0 Å². The number of benzene rings is 1. The van der Waals surface area contributed by atoms with Crippen LogP contribution in [0.5, 0.6) is 5.75 Å². The van der Waals surface area contributed by atoms with E-state index in [2.05, 4.69) is 4.72 Å². The highest BCUT2D eigenvalue weighted by Crippen LogP contribution is 2.30. The van der Waals surface area contributed by atoms with Crippen molar-refractivity contribution in [3.63, 3.8) is 0 Å². The number of fused-ring (bicyclic) bond motifs is 1. The third-order valence-corrected chi connectivity index (χ3v) is 6.55. The van der Waals surface area contributed by atoms with E-state index in [1.54, 1.807) is 18.2 Å². The number of sulfonamides is 1. The lowest BCUT2D eigenvalue weighted by atomic mass is 9.96. The predicted molar refractivity (Wildman–Crippen MR) is 102 cm³/mol. The van der Waals surface area contributed by atoms with Gasteiger partial charge in [-0.15, -0.1) is 0 Å².